The Morgan fingerprint density at radius 3 is 2.10 bits per heavy atom. The average Bonchev–Trinajstić information content (AvgIpc) is 2.49. The first-order chi connectivity index (χ1) is 9.69. The summed E-state index contributed by atoms with van der Waals surface area (Å²) in [6.45, 7) is 0. The van der Waals surface area contributed by atoms with E-state index in [9.17, 15) is 4.39 Å². The van der Waals surface area contributed by atoms with E-state index < -0.39 is 0 Å². The Morgan fingerprint density at radius 1 is 0.950 bits per heavy atom. The summed E-state index contributed by atoms with van der Waals surface area (Å²) in [7, 11) is 3.15. The maximum Gasteiger partial charge on any atom is 0.161 e. The Bertz CT molecular complexity index is 573. The standard InChI is InChI=1S/C15H17FN2O2/c1-19-13-8-5-11(9-14(13)20-2)15(18-17)10-3-6-12(16)7-4-10/h3-9,15,18H,17H2,1-2H3. The Kier molecular flexibility index (Phi) is 4.55. The second-order valence-electron chi connectivity index (χ2n) is 4.27. The van der Waals surface area contributed by atoms with E-state index in [1.807, 2.05) is 18.2 Å². The number of hydrogen-bond donors (Lipinski definition) is 2. The SMILES string of the molecule is COc1ccc(C(NN)c2ccc(F)cc2)cc1OC. The van der Waals surface area contributed by atoms with Gasteiger partial charge in [0.15, 0.2) is 11.5 Å². The molecule has 20 heavy (non-hydrogen) atoms. The third-order valence-electron chi connectivity index (χ3n) is 3.11. The molecule has 0 aliphatic rings. The van der Waals surface area contributed by atoms with Crippen molar-refractivity contribution in [3.63, 3.8) is 0 Å². The van der Waals surface area contributed by atoms with Gasteiger partial charge in [-0.25, -0.2) is 9.82 Å². The molecule has 0 aliphatic carbocycles. The van der Waals surface area contributed by atoms with Crippen LogP contribution in [0.5, 0.6) is 11.5 Å². The van der Waals surface area contributed by atoms with Crippen LogP contribution in [-0.2, 0) is 0 Å². The third kappa shape index (κ3) is 2.89. The Morgan fingerprint density at radius 2 is 1.55 bits per heavy atom. The van der Waals surface area contributed by atoms with E-state index in [0.29, 0.717) is 11.5 Å². The predicted molar refractivity (Wildman–Crippen MR) is 75.1 cm³/mol. The van der Waals surface area contributed by atoms with Crippen LogP contribution < -0.4 is 20.7 Å². The van der Waals surface area contributed by atoms with Gasteiger partial charge in [0.2, 0.25) is 0 Å². The smallest absolute Gasteiger partial charge is 0.161 e. The minimum atomic E-state index is -0.281. The van der Waals surface area contributed by atoms with Crippen molar-refractivity contribution >= 4 is 0 Å². The summed E-state index contributed by atoms with van der Waals surface area (Å²) >= 11 is 0. The lowest BCUT2D eigenvalue weighted by molar-refractivity contribution is 0.354. The van der Waals surface area contributed by atoms with Gasteiger partial charge >= 0.3 is 0 Å². The molecule has 2 aromatic carbocycles. The summed E-state index contributed by atoms with van der Waals surface area (Å²) in [6, 6.07) is 11.5. The van der Waals surface area contributed by atoms with Gasteiger partial charge < -0.3 is 9.47 Å². The highest BCUT2D eigenvalue weighted by molar-refractivity contribution is 5.45. The molecule has 4 nitrogen and oxygen atoms in total. The normalized spacial score (nSPS) is 12.0. The summed E-state index contributed by atoms with van der Waals surface area (Å²) in [5.74, 6) is 6.60. The summed E-state index contributed by atoms with van der Waals surface area (Å²) in [5.41, 5.74) is 4.49. The van der Waals surface area contributed by atoms with E-state index in [1.54, 1.807) is 26.4 Å². The Balaban J connectivity index is 2.39. The largest absolute Gasteiger partial charge is 0.493 e. The molecule has 5 heteroatoms. The van der Waals surface area contributed by atoms with Crippen LogP contribution in [0.25, 0.3) is 0 Å². The first kappa shape index (κ1) is 14.3. The molecule has 0 saturated heterocycles. The molecule has 3 N–H and O–H groups in total. The van der Waals surface area contributed by atoms with Crippen molar-refractivity contribution in [2.45, 2.75) is 6.04 Å². The quantitative estimate of drug-likeness (QED) is 0.650. The zero-order chi connectivity index (χ0) is 14.5. The van der Waals surface area contributed by atoms with Crippen LogP contribution in [0.2, 0.25) is 0 Å². The van der Waals surface area contributed by atoms with E-state index in [1.165, 1.54) is 12.1 Å². The lowest BCUT2D eigenvalue weighted by Crippen LogP contribution is -2.28. The maximum absolute atomic E-state index is 13.0. The van der Waals surface area contributed by atoms with Crippen LogP contribution in [-0.4, -0.2) is 14.2 Å². The van der Waals surface area contributed by atoms with E-state index in [2.05, 4.69) is 5.43 Å². The number of hydrogen-bond acceptors (Lipinski definition) is 4. The molecule has 0 radical (unpaired) electrons. The lowest BCUT2D eigenvalue weighted by atomic mass is 9.99. The fourth-order valence-corrected chi connectivity index (χ4v) is 2.07. The van der Waals surface area contributed by atoms with Crippen LogP contribution in [0.1, 0.15) is 17.2 Å². The molecule has 0 aromatic heterocycles. The third-order valence-corrected chi connectivity index (χ3v) is 3.11. The molecule has 0 bridgehead atoms. The fourth-order valence-electron chi connectivity index (χ4n) is 2.07. The van der Waals surface area contributed by atoms with Crippen molar-refractivity contribution in [3.05, 3.63) is 59.4 Å². The molecule has 0 spiro atoms. The van der Waals surface area contributed by atoms with Crippen molar-refractivity contribution in [2.24, 2.45) is 5.84 Å². The Hall–Kier alpha value is -2.11. The van der Waals surface area contributed by atoms with Gasteiger partial charge in [0.1, 0.15) is 5.82 Å². The highest BCUT2D eigenvalue weighted by atomic mass is 19.1. The van der Waals surface area contributed by atoms with Crippen LogP contribution in [0.3, 0.4) is 0 Å². The van der Waals surface area contributed by atoms with Crippen LogP contribution in [0.15, 0.2) is 42.5 Å². The van der Waals surface area contributed by atoms with Crippen molar-refractivity contribution in [1.29, 1.82) is 0 Å². The van der Waals surface area contributed by atoms with E-state index in [-0.39, 0.29) is 11.9 Å². The maximum atomic E-state index is 13.0. The van der Waals surface area contributed by atoms with E-state index >= 15 is 0 Å². The molecular formula is C15H17FN2O2. The highest BCUT2D eigenvalue weighted by Crippen LogP contribution is 2.31. The number of nitrogens with two attached hydrogens (primary N) is 1. The molecule has 0 aliphatic heterocycles. The minimum Gasteiger partial charge on any atom is -0.493 e. The molecule has 1 unspecified atom stereocenters. The van der Waals surface area contributed by atoms with Gasteiger partial charge in [0, 0.05) is 0 Å². The van der Waals surface area contributed by atoms with E-state index in [0.717, 1.165) is 11.1 Å². The first-order valence-electron chi connectivity index (χ1n) is 6.13. The molecule has 2 rings (SSSR count). The van der Waals surface area contributed by atoms with Crippen LogP contribution >= 0.6 is 0 Å². The number of nitrogens with one attached hydrogen (secondary N) is 1. The minimum absolute atomic E-state index is 0.254. The number of methoxy groups -OCH3 is 2. The number of rotatable bonds is 5. The van der Waals surface area contributed by atoms with Gasteiger partial charge in [-0.05, 0) is 35.4 Å². The first-order valence-corrected chi connectivity index (χ1v) is 6.13. The van der Waals surface area contributed by atoms with Gasteiger partial charge in [-0.1, -0.05) is 18.2 Å². The highest BCUT2D eigenvalue weighted by Gasteiger charge is 2.15. The summed E-state index contributed by atoms with van der Waals surface area (Å²) in [5, 5.41) is 0. The van der Waals surface area contributed by atoms with Gasteiger partial charge in [0.05, 0.1) is 20.3 Å². The number of halogens is 1. The van der Waals surface area contributed by atoms with Crippen molar-refractivity contribution in [1.82, 2.24) is 5.43 Å². The van der Waals surface area contributed by atoms with Crippen molar-refractivity contribution < 1.29 is 13.9 Å². The molecule has 106 valence electrons. The van der Waals surface area contributed by atoms with Gasteiger partial charge in [0.25, 0.3) is 0 Å². The van der Waals surface area contributed by atoms with Crippen molar-refractivity contribution in [3.8, 4) is 11.5 Å². The molecule has 2 aromatic rings. The molecule has 0 fully saturated rings. The van der Waals surface area contributed by atoms with E-state index in [4.69, 9.17) is 15.3 Å². The summed E-state index contributed by atoms with van der Waals surface area (Å²) in [4.78, 5) is 0. The lowest BCUT2D eigenvalue weighted by Gasteiger charge is -2.18. The van der Waals surface area contributed by atoms with Gasteiger partial charge in [-0.15, -0.1) is 0 Å². The van der Waals surface area contributed by atoms with Crippen LogP contribution in [0, 0.1) is 5.82 Å². The molecule has 0 amide bonds. The number of hydrazine groups is 1. The second kappa shape index (κ2) is 6.36. The molecule has 0 saturated carbocycles. The number of benzene rings is 2. The number of ether oxygens (including phenoxy) is 2. The topological polar surface area (TPSA) is 56.5 Å². The van der Waals surface area contributed by atoms with Gasteiger partial charge in [-0.3, -0.25) is 5.84 Å². The molecule has 1 atom stereocenters. The zero-order valence-electron chi connectivity index (χ0n) is 11.4. The van der Waals surface area contributed by atoms with Crippen molar-refractivity contribution in [2.75, 3.05) is 14.2 Å². The van der Waals surface area contributed by atoms with Gasteiger partial charge in [-0.2, -0.15) is 0 Å². The summed E-state index contributed by atoms with van der Waals surface area (Å²) in [6.07, 6.45) is 0. The predicted octanol–water partition coefficient (Wildman–Crippen LogP) is 2.40. The summed E-state index contributed by atoms with van der Waals surface area (Å²) < 4.78 is 23.5. The molecule has 0 heterocycles. The molecular weight excluding hydrogens is 259 g/mol. The average molecular weight is 276 g/mol. The monoisotopic (exact) mass is 276 g/mol. The zero-order valence-corrected chi connectivity index (χ0v) is 11.4. The second-order valence-corrected chi connectivity index (χ2v) is 4.27. The van der Waals surface area contributed by atoms with Crippen LogP contribution in [0.4, 0.5) is 4.39 Å². The fraction of sp³-hybridized carbons (Fsp3) is 0.200. The Labute approximate surface area is 117 Å².